The fourth-order valence-electron chi connectivity index (χ4n) is 1.44. The minimum Gasteiger partial charge on any atom is -0.450 e. The summed E-state index contributed by atoms with van der Waals surface area (Å²) in [6.45, 7) is 0.972. The second kappa shape index (κ2) is 6.12. The lowest BCUT2D eigenvalue weighted by Gasteiger charge is -2.06. The number of ether oxygens (including phenoxy) is 1. The summed E-state index contributed by atoms with van der Waals surface area (Å²) in [6, 6.07) is 4.02. The van der Waals surface area contributed by atoms with Gasteiger partial charge in [-0.25, -0.2) is 13.6 Å². The van der Waals surface area contributed by atoms with E-state index in [-0.39, 0.29) is 11.4 Å². The van der Waals surface area contributed by atoms with E-state index < -0.39 is 30.1 Å². The van der Waals surface area contributed by atoms with Crippen molar-refractivity contribution in [2.24, 2.45) is 0 Å². The third-order valence-corrected chi connectivity index (χ3v) is 2.37. The van der Waals surface area contributed by atoms with Crippen molar-refractivity contribution in [3.05, 3.63) is 47.4 Å². The van der Waals surface area contributed by atoms with Crippen molar-refractivity contribution in [3.8, 4) is 0 Å². The molecule has 8 heteroatoms. The maximum absolute atomic E-state index is 13.3. The topological polar surface area (TPSA) is 81.4 Å². The monoisotopic (exact) mass is 296 g/mol. The van der Waals surface area contributed by atoms with Gasteiger partial charge in [-0.2, -0.15) is 0 Å². The van der Waals surface area contributed by atoms with Crippen LogP contribution in [0.1, 0.15) is 16.2 Å². The number of carbonyl (C=O) groups excluding carboxylic acids is 2. The highest BCUT2D eigenvalue weighted by Crippen LogP contribution is 2.14. The molecule has 6 nitrogen and oxygen atoms in total. The van der Waals surface area contributed by atoms with Gasteiger partial charge >= 0.3 is 5.97 Å². The van der Waals surface area contributed by atoms with Gasteiger partial charge in [-0.15, -0.1) is 0 Å². The summed E-state index contributed by atoms with van der Waals surface area (Å²) in [7, 11) is 0. The molecule has 0 atom stereocenters. The van der Waals surface area contributed by atoms with Crippen LogP contribution in [0.2, 0.25) is 0 Å². The van der Waals surface area contributed by atoms with E-state index in [4.69, 9.17) is 0 Å². The quantitative estimate of drug-likeness (QED) is 0.873. The Balaban J connectivity index is 1.89. The molecule has 1 aromatic carbocycles. The number of esters is 1. The number of halogens is 2. The van der Waals surface area contributed by atoms with Crippen LogP contribution >= 0.6 is 0 Å². The highest BCUT2D eigenvalue weighted by molar-refractivity contribution is 5.94. The van der Waals surface area contributed by atoms with Crippen LogP contribution < -0.4 is 5.32 Å². The summed E-state index contributed by atoms with van der Waals surface area (Å²) < 4.78 is 35.3. The summed E-state index contributed by atoms with van der Waals surface area (Å²) in [6.07, 6.45) is 0. The number of rotatable bonds is 4. The zero-order valence-electron chi connectivity index (χ0n) is 10.9. The zero-order valence-corrected chi connectivity index (χ0v) is 10.9. The number of aromatic nitrogens is 1. The Morgan fingerprint density at radius 2 is 2.10 bits per heavy atom. The van der Waals surface area contributed by atoms with Crippen molar-refractivity contribution >= 4 is 17.6 Å². The zero-order chi connectivity index (χ0) is 15.4. The van der Waals surface area contributed by atoms with Crippen LogP contribution in [0, 0.1) is 18.6 Å². The molecular weight excluding hydrogens is 286 g/mol. The van der Waals surface area contributed by atoms with Crippen LogP contribution in [0.3, 0.4) is 0 Å². The molecule has 0 unspecified atom stereocenters. The summed E-state index contributed by atoms with van der Waals surface area (Å²) in [4.78, 5) is 23.0. The number of nitrogens with zero attached hydrogens (tertiary/aromatic N) is 1. The first-order valence-electron chi connectivity index (χ1n) is 5.81. The molecule has 0 saturated carbocycles. The van der Waals surface area contributed by atoms with E-state index in [0.717, 1.165) is 12.1 Å². The summed E-state index contributed by atoms with van der Waals surface area (Å²) in [5.41, 5.74) is 0.271. The lowest BCUT2D eigenvalue weighted by molar-refractivity contribution is -0.119. The van der Waals surface area contributed by atoms with E-state index in [9.17, 15) is 18.4 Å². The minimum atomic E-state index is -0.930. The van der Waals surface area contributed by atoms with Gasteiger partial charge in [0.05, 0.1) is 11.4 Å². The van der Waals surface area contributed by atoms with Crippen LogP contribution in [0.5, 0.6) is 0 Å². The smallest absolute Gasteiger partial charge is 0.377 e. The lowest BCUT2D eigenvalue weighted by Crippen LogP contribution is -2.21. The highest BCUT2D eigenvalue weighted by Gasteiger charge is 2.15. The van der Waals surface area contributed by atoms with Crippen molar-refractivity contribution in [1.82, 2.24) is 5.16 Å². The minimum absolute atomic E-state index is 0.145. The van der Waals surface area contributed by atoms with Gasteiger partial charge in [0.2, 0.25) is 5.76 Å². The van der Waals surface area contributed by atoms with E-state index in [2.05, 4.69) is 19.7 Å². The number of benzene rings is 1. The first-order valence-corrected chi connectivity index (χ1v) is 5.81. The number of hydrogen-bond donors (Lipinski definition) is 1. The Morgan fingerprint density at radius 1 is 1.33 bits per heavy atom. The second-order valence-electron chi connectivity index (χ2n) is 4.08. The average Bonchev–Trinajstić information content (AvgIpc) is 2.86. The van der Waals surface area contributed by atoms with Gasteiger partial charge in [-0.1, -0.05) is 5.16 Å². The second-order valence-corrected chi connectivity index (χ2v) is 4.08. The maximum atomic E-state index is 13.3. The summed E-state index contributed by atoms with van der Waals surface area (Å²) in [5.74, 6) is -3.48. The Bertz CT molecular complexity index is 685. The van der Waals surface area contributed by atoms with Crippen molar-refractivity contribution in [3.63, 3.8) is 0 Å². The molecule has 0 saturated heterocycles. The molecule has 0 bridgehead atoms. The van der Waals surface area contributed by atoms with Crippen molar-refractivity contribution < 1.29 is 27.6 Å². The Labute approximate surface area is 117 Å². The largest absolute Gasteiger partial charge is 0.450 e. The normalized spacial score (nSPS) is 10.2. The molecule has 1 aromatic heterocycles. The number of anilines is 1. The number of nitrogens with one attached hydrogen (secondary N) is 1. The Morgan fingerprint density at radius 3 is 2.71 bits per heavy atom. The molecule has 0 aliphatic rings. The van der Waals surface area contributed by atoms with Gasteiger partial charge < -0.3 is 14.6 Å². The molecule has 1 amide bonds. The predicted molar refractivity (Wildman–Crippen MR) is 66.5 cm³/mol. The first-order chi connectivity index (χ1) is 9.95. The van der Waals surface area contributed by atoms with Crippen LogP contribution in [-0.4, -0.2) is 23.6 Å². The molecular formula is C13H10F2N2O4. The van der Waals surface area contributed by atoms with Crippen molar-refractivity contribution in [2.45, 2.75) is 6.92 Å². The molecule has 1 heterocycles. The molecule has 0 spiro atoms. The van der Waals surface area contributed by atoms with Gasteiger partial charge in [-0.3, -0.25) is 4.79 Å². The molecule has 1 N–H and O–H groups in total. The predicted octanol–water partition coefficient (Wildman–Crippen LogP) is 2.06. The third-order valence-electron chi connectivity index (χ3n) is 2.37. The number of carbonyl (C=O) groups is 2. The first kappa shape index (κ1) is 14.6. The van der Waals surface area contributed by atoms with Crippen LogP contribution in [0.4, 0.5) is 14.5 Å². The molecule has 110 valence electrons. The maximum Gasteiger partial charge on any atom is 0.377 e. The Kier molecular flexibility index (Phi) is 4.27. The van der Waals surface area contributed by atoms with E-state index >= 15 is 0 Å². The molecule has 2 aromatic rings. The fourth-order valence-corrected chi connectivity index (χ4v) is 1.44. The molecule has 0 radical (unpaired) electrons. The SMILES string of the molecule is Cc1cc(C(=O)OCC(=O)Nc2ccc(F)cc2F)on1. The van der Waals surface area contributed by atoms with E-state index in [1.54, 1.807) is 6.92 Å². The third kappa shape index (κ3) is 3.85. The van der Waals surface area contributed by atoms with Gasteiger partial charge in [-0.05, 0) is 19.1 Å². The Hall–Kier alpha value is -2.77. The van der Waals surface area contributed by atoms with Crippen molar-refractivity contribution in [2.75, 3.05) is 11.9 Å². The molecule has 21 heavy (non-hydrogen) atoms. The van der Waals surface area contributed by atoms with E-state index in [1.165, 1.54) is 6.07 Å². The van der Waals surface area contributed by atoms with Gasteiger partial charge in [0.25, 0.3) is 5.91 Å². The van der Waals surface area contributed by atoms with Gasteiger partial charge in [0.15, 0.2) is 6.61 Å². The van der Waals surface area contributed by atoms with Crippen LogP contribution in [-0.2, 0) is 9.53 Å². The van der Waals surface area contributed by atoms with E-state index in [1.807, 2.05) is 0 Å². The van der Waals surface area contributed by atoms with Crippen LogP contribution in [0.25, 0.3) is 0 Å². The molecule has 0 fully saturated rings. The fraction of sp³-hybridized carbons (Fsp3) is 0.154. The van der Waals surface area contributed by atoms with E-state index in [0.29, 0.717) is 11.8 Å². The van der Waals surface area contributed by atoms with Crippen LogP contribution in [0.15, 0.2) is 28.8 Å². The number of aryl methyl sites for hydroxylation is 1. The average molecular weight is 296 g/mol. The molecule has 0 aliphatic carbocycles. The number of hydrogen-bond acceptors (Lipinski definition) is 5. The van der Waals surface area contributed by atoms with Crippen molar-refractivity contribution in [1.29, 1.82) is 0 Å². The molecule has 0 aliphatic heterocycles. The standard InChI is InChI=1S/C13H10F2N2O4/c1-7-4-11(21-17-7)13(19)20-6-12(18)16-10-3-2-8(14)5-9(10)15/h2-5H,6H2,1H3,(H,16,18). The number of amides is 1. The molecule has 2 rings (SSSR count). The highest BCUT2D eigenvalue weighted by atomic mass is 19.1. The summed E-state index contributed by atoms with van der Waals surface area (Å²) in [5, 5.41) is 5.64. The lowest BCUT2D eigenvalue weighted by atomic mass is 10.3. The van der Waals surface area contributed by atoms with Gasteiger partial charge in [0, 0.05) is 12.1 Å². The summed E-state index contributed by atoms with van der Waals surface area (Å²) >= 11 is 0. The van der Waals surface area contributed by atoms with Gasteiger partial charge in [0.1, 0.15) is 11.6 Å².